The van der Waals surface area contributed by atoms with Crippen LogP contribution in [0.2, 0.25) is 0 Å². The summed E-state index contributed by atoms with van der Waals surface area (Å²) < 4.78 is 1.71. The summed E-state index contributed by atoms with van der Waals surface area (Å²) in [6.07, 6.45) is 2.13. The first-order valence-corrected chi connectivity index (χ1v) is 8.16. The fraction of sp³-hybridized carbons (Fsp3) is 0.375. The van der Waals surface area contributed by atoms with Gasteiger partial charge < -0.3 is 15.0 Å². The average Bonchev–Trinajstić information content (AvgIpc) is 2.95. The molecule has 0 atom stereocenters. The van der Waals surface area contributed by atoms with E-state index in [-0.39, 0.29) is 21.8 Å². The summed E-state index contributed by atoms with van der Waals surface area (Å²) in [6.45, 7) is 1.79. The van der Waals surface area contributed by atoms with Gasteiger partial charge in [-0.2, -0.15) is 0 Å². The van der Waals surface area contributed by atoms with E-state index < -0.39 is 5.97 Å². The zero-order valence-corrected chi connectivity index (χ0v) is 13.8. The Morgan fingerprint density at radius 2 is 2.08 bits per heavy atom. The van der Waals surface area contributed by atoms with E-state index in [9.17, 15) is 14.4 Å². The van der Waals surface area contributed by atoms with Crippen LogP contribution in [-0.4, -0.2) is 44.5 Å². The third kappa shape index (κ3) is 3.09. The third-order valence-electron chi connectivity index (χ3n) is 4.21. The Balaban J connectivity index is 1.84. The first-order chi connectivity index (χ1) is 11.5. The molecule has 0 aliphatic carbocycles. The quantitative estimate of drug-likeness (QED) is 0.804. The second-order valence-corrected chi connectivity index (χ2v) is 6.18. The van der Waals surface area contributed by atoms with Gasteiger partial charge in [-0.05, 0) is 43.3 Å². The van der Waals surface area contributed by atoms with Gasteiger partial charge in [0, 0.05) is 26.1 Å². The molecule has 2 heterocycles. The van der Waals surface area contributed by atoms with Crippen molar-refractivity contribution in [3.05, 3.63) is 38.9 Å². The topological polar surface area (TPSA) is 95.4 Å². The van der Waals surface area contributed by atoms with Crippen molar-refractivity contribution < 1.29 is 14.7 Å². The van der Waals surface area contributed by atoms with Crippen LogP contribution in [0, 0.1) is 4.77 Å². The molecule has 0 unspecified atom stereocenters. The van der Waals surface area contributed by atoms with Crippen LogP contribution < -0.4 is 5.56 Å². The maximum absolute atomic E-state index is 12.6. The van der Waals surface area contributed by atoms with Gasteiger partial charge in [-0.15, -0.1) is 0 Å². The summed E-state index contributed by atoms with van der Waals surface area (Å²) in [5, 5.41) is 9.42. The van der Waals surface area contributed by atoms with Crippen molar-refractivity contribution in [2.24, 2.45) is 0 Å². The van der Waals surface area contributed by atoms with E-state index in [0.717, 1.165) is 13.0 Å². The number of aromatic nitrogens is 2. The predicted molar refractivity (Wildman–Crippen MR) is 90.8 cm³/mol. The van der Waals surface area contributed by atoms with Crippen LogP contribution in [0.5, 0.6) is 0 Å². The monoisotopic (exact) mass is 347 g/mol. The van der Waals surface area contributed by atoms with Crippen LogP contribution >= 0.6 is 12.2 Å². The van der Waals surface area contributed by atoms with E-state index in [1.807, 2.05) is 0 Å². The van der Waals surface area contributed by atoms with Crippen LogP contribution in [0.15, 0.2) is 23.0 Å². The molecule has 1 saturated heterocycles. The summed E-state index contributed by atoms with van der Waals surface area (Å²) >= 11 is 5.23. The van der Waals surface area contributed by atoms with E-state index in [1.54, 1.807) is 4.90 Å². The molecule has 1 aromatic carbocycles. The van der Waals surface area contributed by atoms with Gasteiger partial charge in [0.15, 0.2) is 4.77 Å². The normalized spacial score (nSPS) is 14.5. The highest BCUT2D eigenvalue weighted by Crippen LogP contribution is 2.12. The maximum atomic E-state index is 12.6. The van der Waals surface area contributed by atoms with Crippen molar-refractivity contribution >= 4 is 35.0 Å². The van der Waals surface area contributed by atoms with E-state index in [1.165, 1.54) is 22.8 Å². The number of aromatic carboxylic acids is 1. The molecule has 0 radical (unpaired) electrons. The van der Waals surface area contributed by atoms with Gasteiger partial charge in [0.25, 0.3) is 5.56 Å². The fourth-order valence-electron chi connectivity index (χ4n) is 2.95. The van der Waals surface area contributed by atoms with E-state index >= 15 is 0 Å². The molecular weight excluding hydrogens is 330 g/mol. The highest BCUT2D eigenvalue weighted by Gasteiger charge is 2.19. The van der Waals surface area contributed by atoms with Crippen molar-refractivity contribution in [3.63, 3.8) is 0 Å². The lowest BCUT2D eigenvalue weighted by Gasteiger charge is -2.15. The number of carboxylic acids is 1. The minimum Gasteiger partial charge on any atom is -0.478 e. The van der Waals surface area contributed by atoms with Gasteiger partial charge in [-0.25, -0.2) is 4.79 Å². The predicted octanol–water partition coefficient (Wildman–Crippen LogP) is 1.77. The molecule has 1 amide bonds. The number of H-pyrrole nitrogens is 1. The van der Waals surface area contributed by atoms with Crippen LogP contribution in [-0.2, 0) is 11.3 Å². The van der Waals surface area contributed by atoms with Crippen molar-refractivity contribution in [2.75, 3.05) is 13.1 Å². The summed E-state index contributed by atoms with van der Waals surface area (Å²) in [4.78, 5) is 39.9. The van der Waals surface area contributed by atoms with Crippen molar-refractivity contribution in [1.29, 1.82) is 0 Å². The highest BCUT2D eigenvalue weighted by molar-refractivity contribution is 7.71. The van der Waals surface area contributed by atoms with Crippen molar-refractivity contribution in [1.82, 2.24) is 14.5 Å². The molecule has 1 aliphatic heterocycles. The molecule has 3 rings (SSSR count). The number of nitrogens with one attached hydrogen (secondary N) is 1. The lowest BCUT2D eigenvalue weighted by molar-refractivity contribution is -0.127. The molecule has 0 spiro atoms. The number of carbonyl (C=O) groups is 2. The van der Waals surface area contributed by atoms with Crippen LogP contribution in [0.25, 0.3) is 10.9 Å². The molecule has 2 aromatic rings. The average molecular weight is 347 g/mol. The number of rotatable bonds is 5. The van der Waals surface area contributed by atoms with E-state index in [0.29, 0.717) is 36.8 Å². The molecule has 1 aromatic heterocycles. The van der Waals surface area contributed by atoms with Crippen molar-refractivity contribution in [3.8, 4) is 0 Å². The summed E-state index contributed by atoms with van der Waals surface area (Å²) in [7, 11) is 0. The molecule has 2 N–H and O–H groups in total. The van der Waals surface area contributed by atoms with Gasteiger partial charge >= 0.3 is 5.97 Å². The van der Waals surface area contributed by atoms with Gasteiger partial charge in [0.05, 0.1) is 16.5 Å². The smallest absolute Gasteiger partial charge is 0.335 e. The molecule has 8 heteroatoms. The Hall–Kier alpha value is -2.48. The zero-order valence-electron chi connectivity index (χ0n) is 12.9. The van der Waals surface area contributed by atoms with Crippen LogP contribution in [0.1, 0.15) is 29.6 Å². The molecular formula is C16H17N3O4S. The number of likely N-dealkylation sites (tertiary alicyclic amines) is 1. The Labute approximate surface area is 142 Å². The lowest BCUT2D eigenvalue weighted by Crippen LogP contribution is -2.28. The molecule has 1 aliphatic rings. The van der Waals surface area contributed by atoms with E-state index in [2.05, 4.69) is 4.98 Å². The fourth-order valence-corrected chi connectivity index (χ4v) is 3.23. The summed E-state index contributed by atoms with van der Waals surface area (Å²) in [5.41, 5.74) is 0.257. The lowest BCUT2D eigenvalue weighted by atomic mass is 10.1. The Kier molecular flexibility index (Phi) is 4.48. The minimum atomic E-state index is -1.06. The molecule has 1 fully saturated rings. The van der Waals surface area contributed by atoms with Gasteiger partial charge in [-0.3, -0.25) is 14.2 Å². The zero-order chi connectivity index (χ0) is 17.3. The van der Waals surface area contributed by atoms with Crippen LogP contribution in [0.4, 0.5) is 0 Å². The second kappa shape index (κ2) is 6.56. The Bertz CT molecular complexity index is 931. The van der Waals surface area contributed by atoms with E-state index in [4.69, 9.17) is 17.3 Å². The number of benzene rings is 1. The molecule has 0 bridgehead atoms. The summed E-state index contributed by atoms with van der Waals surface area (Å²) in [6, 6.07) is 4.30. The number of fused-ring (bicyclic) bond motifs is 1. The Morgan fingerprint density at radius 3 is 2.75 bits per heavy atom. The molecule has 126 valence electrons. The number of hydrogen-bond acceptors (Lipinski definition) is 4. The summed E-state index contributed by atoms with van der Waals surface area (Å²) in [5.74, 6) is -0.900. The minimum absolute atomic E-state index is 0.0952. The van der Waals surface area contributed by atoms with Crippen LogP contribution in [0.3, 0.4) is 0 Å². The molecule has 24 heavy (non-hydrogen) atoms. The second-order valence-electron chi connectivity index (χ2n) is 5.79. The maximum Gasteiger partial charge on any atom is 0.335 e. The SMILES string of the molecule is O=C(O)c1ccc2c(=O)n(CCCN3CCCC3=O)c(=S)[nH]c2c1. The standard InChI is InChI=1S/C16H17N3O4S/c20-13-3-1-6-18(13)7-2-8-19-14(21)11-5-4-10(15(22)23)9-12(11)17-16(19)24/h4-5,9H,1-3,6-8H2,(H,17,24)(H,22,23). The number of carboxylic acid groups (broad SMARTS) is 1. The number of amides is 1. The largest absolute Gasteiger partial charge is 0.478 e. The molecule has 0 saturated carbocycles. The van der Waals surface area contributed by atoms with Gasteiger partial charge in [0.1, 0.15) is 0 Å². The van der Waals surface area contributed by atoms with Gasteiger partial charge in [-0.1, -0.05) is 0 Å². The number of aromatic amines is 1. The first-order valence-electron chi connectivity index (χ1n) is 7.75. The third-order valence-corrected chi connectivity index (χ3v) is 4.53. The number of hydrogen-bond donors (Lipinski definition) is 2. The first kappa shape index (κ1) is 16.4. The van der Waals surface area contributed by atoms with Gasteiger partial charge in [0.2, 0.25) is 5.91 Å². The molecule has 7 nitrogen and oxygen atoms in total. The highest BCUT2D eigenvalue weighted by atomic mass is 32.1. The number of carbonyl (C=O) groups excluding carboxylic acids is 1. The van der Waals surface area contributed by atoms with Crippen molar-refractivity contribution in [2.45, 2.75) is 25.8 Å². The number of nitrogens with zero attached hydrogens (tertiary/aromatic N) is 2. The Morgan fingerprint density at radius 1 is 1.29 bits per heavy atom.